The highest BCUT2D eigenvalue weighted by atomic mass is 32.2. The van der Waals surface area contributed by atoms with E-state index in [4.69, 9.17) is 9.47 Å². The molecule has 0 bridgehead atoms. The number of benzene rings is 1. The van der Waals surface area contributed by atoms with Crippen LogP contribution in [-0.4, -0.2) is 47.6 Å². The van der Waals surface area contributed by atoms with Gasteiger partial charge in [0.25, 0.3) is 0 Å². The molecule has 1 aromatic rings. The first-order chi connectivity index (χ1) is 9.55. The summed E-state index contributed by atoms with van der Waals surface area (Å²) in [6.07, 6.45) is 2.32. The molecule has 1 saturated heterocycles. The lowest BCUT2D eigenvalue weighted by Gasteiger charge is -2.10. The predicted molar refractivity (Wildman–Crippen MR) is 76.8 cm³/mol. The molecule has 1 atom stereocenters. The molecule has 20 heavy (non-hydrogen) atoms. The molecule has 0 aromatic heterocycles. The summed E-state index contributed by atoms with van der Waals surface area (Å²) < 4.78 is 33.5. The second-order valence-corrected chi connectivity index (χ2v) is 7.04. The minimum absolute atomic E-state index is 0.309. The van der Waals surface area contributed by atoms with Crippen LogP contribution in [0.1, 0.15) is 6.42 Å². The maximum Gasteiger partial charge on any atom is 0.175 e. The largest absolute Gasteiger partial charge is 0.492 e. The van der Waals surface area contributed by atoms with Crippen LogP contribution in [-0.2, 0) is 14.6 Å². The van der Waals surface area contributed by atoms with Gasteiger partial charge in [-0.3, -0.25) is 0 Å². The van der Waals surface area contributed by atoms with E-state index in [1.807, 2.05) is 0 Å². The normalized spacial score (nSPS) is 19.1. The summed E-state index contributed by atoms with van der Waals surface area (Å²) in [6, 6.07) is 6.49. The molecule has 0 saturated carbocycles. The Kier molecular flexibility index (Phi) is 5.39. The van der Waals surface area contributed by atoms with Gasteiger partial charge < -0.3 is 14.8 Å². The number of ether oxygens (including phenoxy) is 2. The predicted octanol–water partition coefficient (Wildman–Crippen LogP) is 1.09. The topological polar surface area (TPSA) is 64.6 Å². The van der Waals surface area contributed by atoms with Gasteiger partial charge in [-0.15, -0.1) is 0 Å². The Morgan fingerprint density at radius 3 is 2.70 bits per heavy atom. The molecule has 1 unspecified atom stereocenters. The van der Waals surface area contributed by atoms with Gasteiger partial charge in [0.2, 0.25) is 0 Å². The van der Waals surface area contributed by atoms with Gasteiger partial charge in [0.05, 0.1) is 11.5 Å². The Hall–Kier alpha value is -1.11. The van der Waals surface area contributed by atoms with Crippen LogP contribution in [0, 0.1) is 5.92 Å². The van der Waals surface area contributed by atoms with Gasteiger partial charge in [0, 0.05) is 26.0 Å². The van der Waals surface area contributed by atoms with Crippen molar-refractivity contribution in [3.05, 3.63) is 24.3 Å². The van der Waals surface area contributed by atoms with Crippen LogP contribution in [0.15, 0.2) is 29.2 Å². The smallest absolute Gasteiger partial charge is 0.175 e. The van der Waals surface area contributed by atoms with Gasteiger partial charge in [-0.2, -0.15) is 0 Å². The quantitative estimate of drug-likeness (QED) is 0.764. The standard InChI is InChI=1S/C14H21NO4S/c1-20(16,17)14-4-2-13(3-5-14)19-9-7-15-10-12-6-8-18-11-12/h2-5,12,15H,6-11H2,1H3. The van der Waals surface area contributed by atoms with E-state index in [1.54, 1.807) is 24.3 Å². The zero-order chi connectivity index (χ0) is 14.4. The van der Waals surface area contributed by atoms with E-state index >= 15 is 0 Å². The minimum atomic E-state index is -3.14. The first-order valence-corrected chi connectivity index (χ1v) is 8.66. The van der Waals surface area contributed by atoms with Crippen molar-refractivity contribution in [3.8, 4) is 5.75 Å². The third kappa shape index (κ3) is 4.77. The highest BCUT2D eigenvalue weighted by Gasteiger charge is 2.14. The maximum atomic E-state index is 11.3. The van der Waals surface area contributed by atoms with Crippen molar-refractivity contribution >= 4 is 9.84 Å². The van der Waals surface area contributed by atoms with Crippen LogP contribution in [0.5, 0.6) is 5.75 Å². The molecule has 1 N–H and O–H groups in total. The van der Waals surface area contributed by atoms with Crippen molar-refractivity contribution in [2.24, 2.45) is 5.92 Å². The summed E-state index contributed by atoms with van der Waals surface area (Å²) in [5.74, 6) is 1.30. The fraction of sp³-hybridized carbons (Fsp3) is 0.571. The average Bonchev–Trinajstić information content (AvgIpc) is 2.91. The Bertz CT molecular complexity index is 506. The molecule has 112 valence electrons. The van der Waals surface area contributed by atoms with Crippen molar-refractivity contribution in [3.63, 3.8) is 0 Å². The zero-order valence-electron chi connectivity index (χ0n) is 11.7. The van der Waals surface area contributed by atoms with Crippen molar-refractivity contribution < 1.29 is 17.9 Å². The number of hydrogen-bond acceptors (Lipinski definition) is 5. The lowest BCUT2D eigenvalue weighted by molar-refractivity contribution is 0.185. The van der Waals surface area contributed by atoms with E-state index in [1.165, 1.54) is 6.26 Å². The lowest BCUT2D eigenvalue weighted by Crippen LogP contribution is -2.27. The van der Waals surface area contributed by atoms with E-state index in [0.717, 1.165) is 32.7 Å². The van der Waals surface area contributed by atoms with E-state index < -0.39 is 9.84 Å². The molecule has 0 aliphatic carbocycles. The fourth-order valence-corrected chi connectivity index (χ4v) is 2.71. The average molecular weight is 299 g/mol. The molecule has 1 aliphatic heterocycles. The van der Waals surface area contributed by atoms with Crippen molar-refractivity contribution in [1.82, 2.24) is 5.32 Å². The van der Waals surface area contributed by atoms with Gasteiger partial charge in [-0.25, -0.2) is 8.42 Å². The molecule has 0 amide bonds. The summed E-state index contributed by atoms with van der Waals surface area (Å²) in [6.45, 7) is 4.00. The molecule has 5 nitrogen and oxygen atoms in total. The third-order valence-corrected chi connectivity index (χ3v) is 4.38. The summed E-state index contributed by atoms with van der Waals surface area (Å²) >= 11 is 0. The fourth-order valence-electron chi connectivity index (χ4n) is 2.07. The van der Waals surface area contributed by atoms with Gasteiger partial charge in [-0.1, -0.05) is 0 Å². The molecule has 0 spiro atoms. The summed E-state index contributed by atoms with van der Waals surface area (Å²) in [4.78, 5) is 0.309. The van der Waals surface area contributed by atoms with E-state index in [9.17, 15) is 8.42 Å². The molecule has 2 rings (SSSR count). The Morgan fingerprint density at radius 2 is 2.10 bits per heavy atom. The molecule has 0 radical (unpaired) electrons. The Labute approximate surface area is 120 Å². The molecule has 1 fully saturated rings. The number of rotatable bonds is 7. The highest BCUT2D eigenvalue weighted by molar-refractivity contribution is 7.90. The summed E-state index contributed by atoms with van der Waals surface area (Å²) in [5.41, 5.74) is 0. The SMILES string of the molecule is CS(=O)(=O)c1ccc(OCCNCC2CCOC2)cc1. The lowest BCUT2D eigenvalue weighted by atomic mass is 10.1. The third-order valence-electron chi connectivity index (χ3n) is 3.26. The van der Waals surface area contributed by atoms with Crippen molar-refractivity contribution in [2.45, 2.75) is 11.3 Å². The second-order valence-electron chi connectivity index (χ2n) is 5.03. The zero-order valence-corrected chi connectivity index (χ0v) is 12.5. The molecule has 1 aromatic carbocycles. The van der Waals surface area contributed by atoms with E-state index in [0.29, 0.717) is 23.2 Å². The summed E-state index contributed by atoms with van der Waals surface area (Å²) in [7, 11) is -3.14. The minimum Gasteiger partial charge on any atom is -0.492 e. The highest BCUT2D eigenvalue weighted by Crippen LogP contribution is 2.15. The molecular formula is C14H21NO4S. The monoisotopic (exact) mass is 299 g/mol. The molecule has 6 heteroatoms. The summed E-state index contributed by atoms with van der Waals surface area (Å²) in [5, 5.41) is 3.33. The van der Waals surface area contributed by atoms with Crippen molar-refractivity contribution in [2.75, 3.05) is 39.2 Å². The van der Waals surface area contributed by atoms with Gasteiger partial charge >= 0.3 is 0 Å². The number of nitrogens with one attached hydrogen (secondary N) is 1. The molecular weight excluding hydrogens is 278 g/mol. The van der Waals surface area contributed by atoms with Crippen LogP contribution >= 0.6 is 0 Å². The van der Waals surface area contributed by atoms with E-state index in [-0.39, 0.29) is 0 Å². The number of sulfone groups is 1. The second kappa shape index (κ2) is 7.06. The van der Waals surface area contributed by atoms with Crippen LogP contribution in [0.2, 0.25) is 0 Å². The first-order valence-electron chi connectivity index (χ1n) is 6.77. The Morgan fingerprint density at radius 1 is 1.35 bits per heavy atom. The number of hydrogen-bond donors (Lipinski definition) is 1. The maximum absolute atomic E-state index is 11.3. The molecule has 1 heterocycles. The van der Waals surface area contributed by atoms with Crippen LogP contribution in [0.4, 0.5) is 0 Å². The molecule has 1 aliphatic rings. The Balaban J connectivity index is 1.66. The van der Waals surface area contributed by atoms with Gasteiger partial charge in [0.1, 0.15) is 12.4 Å². The van der Waals surface area contributed by atoms with E-state index in [2.05, 4.69) is 5.32 Å². The van der Waals surface area contributed by atoms with Crippen LogP contribution in [0.3, 0.4) is 0 Å². The van der Waals surface area contributed by atoms with Crippen LogP contribution in [0.25, 0.3) is 0 Å². The van der Waals surface area contributed by atoms with Gasteiger partial charge in [0.15, 0.2) is 9.84 Å². The van der Waals surface area contributed by atoms with Gasteiger partial charge in [-0.05, 0) is 36.6 Å². The first kappa shape index (κ1) is 15.3. The van der Waals surface area contributed by atoms with Crippen LogP contribution < -0.4 is 10.1 Å². The van der Waals surface area contributed by atoms with Crippen molar-refractivity contribution in [1.29, 1.82) is 0 Å².